The second-order valence-corrected chi connectivity index (χ2v) is 10.8. The predicted molar refractivity (Wildman–Crippen MR) is 128 cm³/mol. The number of hydrogen-bond acceptors (Lipinski definition) is 4. The SMILES string of the molecule is O=C(NCc1ccccc1Cl)c1ccc(N2CCCCC2)c(S(=O)(=O)N2CCCCC2)c1. The molecule has 0 radical (unpaired) electrons. The lowest BCUT2D eigenvalue weighted by molar-refractivity contribution is 0.0950. The second kappa shape index (κ2) is 10.2. The third-order valence-corrected chi connectivity index (χ3v) is 8.55. The van der Waals surface area contributed by atoms with Gasteiger partial charge in [0.1, 0.15) is 4.90 Å². The standard InChI is InChI=1S/C24H30ClN3O3S/c25-21-10-4-3-9-20(21)18-26-24(29)19-11-12-22(27-13-5-1-6-14-27)23(17-19)32(30,31)28-15-7-2-8-16-28/h3-4,9-12,17H,1-2,5-8,13-16,18H2,(H,26,29). The molecule has 1 N–H and O–H groups in total. The Kier molecular flexibility index (Phi) is 7.38. The van der Waals surface area contributed by atoms with Gasteiger partial charge in [-0.1, -0.05) is 36.2 Å². The molecule has 2 fully saturated rings. The van der Waals surface area contributed by atoms with Crippen molar-refractivity contribution in [2.24, 2.45) is 0 Å². The molecule has 8 heteroatoms. The van der Waals surface area contributed by atoms with Crippen LogP contribution in [0.2, 0.25) is 5.02 Å². The molecule has 0 unspecified atom stereocenters. The van der Waals surface area contributed by atoms with Crippen molar-refractivity contribution in [2.45, 2.75) is 50.0 Å². The van der Waals surface area contributed by atoms with Crippen LogP contribution in [0.3, 0.4) is 0 Å². The van der Waals surface area contributed by atoms with Crippen molar-refractivity contribution in [3.63, 3.8) is 0 Å². The number of anilines is 1. The minimum absolute atomic E-state index is 0.242. The van der Waals surface area contributed by atoms with E-state index in [0.29, 0.717) is 29.4 Å². The summed E-state index contributed by atoms with van der Waals surface area (Å²) in [6.07, 6.45) is 6.04. The Morgan fingerprint density at radius 3 is 2.25 bits per heavy atom. The van der Waals surface area contributed by atoms with Crippen molar-refractivity contribution in [3.8, 4) is 0 Å². The minimum atomic E-state index is -3.68. The lowest BCUT2D eigenvalue weighted by atomic mass is 10.1. The molecule has 2 heterocycles. The Bertz CT molecular complexity index is 1060. The number of rotatable bonds is 6. The molecule has 2 aliphatic rings. The van der Waals surface area contributed by atoms with Crippen molar-refractivity contribution < 1.29 is 13.2 Å². The topological polar surface area (TPSA) is 69.7 Å². The molecule has 2 saturated heterocycles. The maximum atomic E-state index is 13.6. The maximum absolute atomic E-state index is 13.6. The Hall–Kier alpha value is -2.09. The molecule has 0 saturated carbocycles. The summed E-state index contributed by atoms with van der Waals surface area (Å²) >= 11 is 6.19. The van der Waals surface area contributed by atoms with Gasteiger partial charge < -0.3 is 10.2 Å². The molecular formula is C24H30ClN3O3S. The molecule has 32 heavy (non-hydrogen) atoms. The quantitative estimate of drug-likeness (QED) is 0.670. The van der Waals surface area contributed by atoms with E-state index in [9.17, 15) is 13.2 Å². The summed E-state index contributed by atoms with van der Waals surface area (Å²) in [5.41, 5.74) is 1.86. The third kappa shape index (κ3) is 5.11. The molecule has 0 aromatic heterocycles. The maximum Gasteiger partial charge on any atom is 0.251 e. The summed E-state index contributed by atoms with van der Waals surface area (Å²) in [6.45, 7) is 3.01. The number of sulfonamides is 1. The number of hydrogen-bond donors (Lipinski definition) is 1. The van der Waals surface area contributed by atoms with Crippen molar-refractivity contribution >= 4 is 33.2 Å². The van der Waals surface area contributed by atoms with Gasteiger partial charge in [-0.05, 0) is 61.9 Å². The lowest BCUT2D eigenvalue weighted by Crippen LogP contribution is -2.38. The number of halogens is 1. The molecule has 2 aromatic rings. The largest absolute Gasteiger partial charge is 0.370 e. The van der Waals surface area contributed by atoms with Crippen molar-refractivity contribution in [3.05, 3.63) is 58.6 Å². The Labute approximate surface area is 195 Å². The van der Waals surface area contributed by atoms with E-state index in [1.54, 1.807) is 28.6 Å². The summed E-state index contributed by atoms with van der Waals surface area (Å²) in [5, 5.41) is 3.45. The number of carbonyl (C=O) groups is 1. The van der Waals surface area contributed by atoms with E-state index in [1.807, 2.05) is 18.2 Å². The number of amides is 1. The number of carbonyl (C=O) groups excluding carboxylic acids is 1. The first-order valence-electron chi connectivity index (χ1n) is 11.4. The van der Waals surface area contributed by atoms with Crippen LogP contribution in [0.15, 0.2) is 47.4 Å². The highest BCUT2D eigenvalue weighted by Gasteiger charge is 2.31. The van der Waals surface area contributed by atoms with Crippen LogP contribution in [0.25, 0.3) is 0 Å². The van der Waals surface area contributed by atoms with E-state index in [4.69, 9.17) is 11.6 Å². The average Bonchev–Trinajstić information content (AvgIpc) is 2.84. The van der Waals surface area contributed by atoms with Crippen LogP contribution >= 0.6 is 11.6 Å². The van der Waals surface area contributed by atoms with Crippen molar-refractivity contribution in [1.82, 2.24) is 9.62 Å². The lowest BCUT2D eigenvalue weighted by Gasteiger charge is -2.33. The van der Waals surface area contributed by atoms with E-state index >= 15 is 0 Å². The first-order chi connectivity index (χ1) is 15.5. The summed E-state index contributed by atoms with van der Waals surface area (Å²) in [5.74, 6) is -0.315. The van der Waals surface area contributed by atoms with Crippen LogP contribution in [0.4, 0.5) is 5.69 Å². The van der Waals surface area contributed by atoms with Gasteiger partial charge in [0.05, 0.1) is 5.69 Å². The molecule has 2 aromatic carbocycles. The van der Waals surface area contributed by atoms with E-state index in [0.717, 1.165) is 57.2 Å². The van der Waals surface area contributed by atoms with E-state index in [1.165, 1.54) is 0 Å². The highest BCUT2D eigenvalue weighted by atomic mass is 35.5. The van der Waals surface area contributed by atoms with Gasteiger partial charge in [-0.25, -0.2) is 8.42 Å². The molecule has 6 nitrogen and oxygen atoms in total. The normalized spacial score (nSPS) is 17.8. The molecular weight excluding hydrogens is 446 g/mol. The van der Waals surface area contributed by atoms with Gasteiger partial charge in [-0.15, -0.1) is 0 Å². The van der Waals surface area contributed by atoms with Gasteiger partial charge in [0.25, 0.3) is 5.91 Å². The van der Waals surface area contributed by atoms with Crippen LogP contribution < -0.4 is 10.2 Å². The Morgan fingerprint density at radius 1 is 0.906 bits per heavy atom. The van der Waals surface area contributed by atoms with Crippen molar-refractivity contribution in [1.29, 1.82) is 0 Å². The van der Waals surface area contributed by atoms with Crippen LogP contribution in [0.5, 0.6) is 0 Å². The molecule has 0 spiro atoms. The van der Waals surface area contributed by atoms with Crippen LogP contribution in [-0.2, 0) is 16.6 Å². The van der Waals surface area contributed by atoms with Crippen LogP contribution in [-0.4, -0.2) is 44.8 Å². The summed E-state index contributed by atoms with van der Waals surface area (Å²) in [6, 6.07) is 12.4. The fourth-order valence-corrected chi connectivity index (χ4v) is 6.38. The van der Waals surface area contributed by atoms with E-state index in [-0.39, 0.29) is 17.3 Å². The first-order valence-corrected chi connectivity index (χ1v) is 13.2. The zero-order valence-corrected chi connectivity index (χ0v) is 19.8. The molecule has 1 amide bonds. The predicted octanol–water partition coefficient (Wildman–Crippen LogP) is 4.43. The zero-order chi connectivity index (χ0) is 22.6. The minimum Gasteiger partial charge on any atom is -0.370 e. The van der Waals surface area contributed by atoms with Crippen LogP contribution in [0, 0.1) is 0 Å². The van der Waals surface area contributed by atoms with E-state index in [2.05, 4.69) is 10.2 Å². The molecule has 172 valence electrons. The van der Waals surface area contributed by atoms with Crippen LogP contribution in [0.1, 0.15) is 54.4 Å². The van der Waals surface area contributed by atoms with Gasteiger partial charge in [-0.2, -0.15) is 4.31 Å². The fourth-order valence-electron chi connectivity index (χ4n) is 4.42. The summed E-state index contributed by atoms with van der Waals surface area (Å²) < 4.78 is 28.8. The fraction of sp³-hybridized carbons (Fsp3) is 0.458. The molecule has 0 bridgehead atoms. The monoisotopic (exact) mass is 475 g/mol. The number of nitrogens with zero attached hydrogens (tertiary/aromatic N) is 2. The van der Waals surface area contributed by atoms with Crippen molar-refractivity contribution in [2.75, 3.05) is 31.1 Å². The Balaban J connectivity index is 1.63. The molecule has 0 aliphatic carbocycles. The van der Waals surface area contributed by atoms with Gasteiger partial charge in [0, 0.05) is 43.3 Å². The summed E-state index contributed by atoms with van der Waals surface area (Å²) in [4.78, 5) is 15.3. The first kappa shape index (κ1) is 23.1. The molecule has 2 aliphatic heterocycles. The summed E-state index contributed by atoms with van der Waals surface area (Å²) in [7, 11) is -3.68. The van der Waals surface area contributed by atoms with Gasteiger partial charge in [-0.3, -0.25) is 4.79 Å². The van der Waals surface area contributed by atoms with E-state index < -0.39 is 10.0 Å². The van der Waals surface area contributed by atoms with Gasteiger partial charge >= 0.3 is 0 Å². The average molecular weight is 476 g/mol. The second-order valence-electron chi connectivity index (χ2n) is 8.47. The molecule has 4 rings (SSSR count). The number of benzene rings is 2. The van der Waals surface area contributed by atoms with Gasteiger partial charge in [0.15, 0.2) is 0 Å². The Morgan fingerprint density at radius 2 is 1.56 bits per heavy atom. The highest BCUT2D eigenvalue weighted by molar-refractivity contribution is 7.89. The zero-order valence-electron chi connectivity index (χ0n) is 18.2. The molecule has 0 atom stereocenters. The smallest absolute Gasteiger partial charge is 0.251 e. The third-order valence-electron chi connectivity index (χ3n) is 6.25. The number of nitrogens with one attached hydrogen (secondary N) is 1. The van der Waals surface area contributed by atoms with Gasteiger partial charge in [0.2, 0.25) is 10.0 Å². The highest BCUT2D eigenvalue weighted by Crippen LogP contribution is 2.32. The number of piperidine rings is 2.